The van der Waals surface area contributed by atoms with Crippen molar-refractivity contribution in [2.45, 2.75) is 79.1 Å². The molecular formula is C27H38O3. The first-order chi connectivity index (χ1) is 14.6. The summed E-state index contributed by atoms with van der Waals surface area (Å²) in [6, 6.07) is 13.9. The number of aliphatic hydroxyl groups is 2. The van der Waals surface area contributed by atoms with Gasteiger partial charge in [-0.05, 0) is 71.7 Å². The third-order valence-electron chi connectivity index (χ3n) is 5.98. The summed E-state index contributed by atoms with van der Waals surface area (Å²) in [5.41, 5.74) is 4.96. The normalized spacial score (nSPS) is 11.9. The molecule has 0 aliphatic carbocycles. The van der Waals surface area contributed by atoms with Crippen LogP contribution in [0, 0.1) is 5.92 Å². The molecule has 0 heterocycles. The smallest absolute Gasteiger partial charge is 0.120 e. The van der Waals surface area contributed by atoms with Gasteiger partial charge in [-0.1, -0.05) is 69.9 Å². The maximum atomic E-state index is 9.46. The van der Waals surface area contributed by atoms with E-state index in [0.29, 0.717) is 6.61 Å². The number of benzene rings is 2. The van der Waals surface area contributed by atoms with E-state index in [4.69, 9.17) is 4.74 Å². The first-order valence-corrected chi connectivity index (χ1v) is 11.3. The zero-order valence-corrected chi connectivity index (χ0v) is 18.9. The van der Waals surface area contributed by atoms with Gasteiger partial charge in [0.2, 0.25) is 0 Å². The van der Waals surface area contributed by atoms with Crippen molar-refractivity contribution in [2.24, 2.45) is 5.92 Å². The molecule has 2 N–H and O–H groups in total. The maximum absolute atomic E-state index is 9.46. The van der Waals surface area contributed by atoms with Crippen molar-refractivity contribution in [3.63, 3.8) is 0 Å². The molecule has 0 amide bonds. The number of unbranched alkanes of at least 4 members (excludes halogenated alkanes) is 2. The van der Waals surface area contributed by atoms with E-state index in [0.717, 1.165) is 34.8 Å². The van der Waals surface area contributed by atoms with E-state index in [9.17, 15) is 10.2 Å². The van der Waals surface area contributed by atoms with Crippen LogP contribution in [-0.2, 0) is 19.8 Å². The molecule has 2 aromatic carbocycles. The van der Waals surface area contributed by atoms with Crippen molar-refractivity contribution in [3.8, 4) is 5.75 Å². The molecule has 30 heavy (non-hydrogen) atoms. The Morgan fingerprint density at radius 1 is 0.967 bits per heavy atom. The Balaban J connectivity index is 1.89. The predicted octanol–water partition coefficient (Wildman–Crippen LogP) is 6.65. The summed E-state index contributed by atoms with van der Waals surface area (Å²) in [4.78, 5) is 0. The average Bonchev–Trinajstić information content (AvgIpc) is 2.79. The summed E-state index contributed by atoms with van der Waals surface area (Å²) < 4.78 is 5.98. The number of aliphatic hydroxyl groups excluding tert-OH is 2. The number of hydrogen-bond donors (Lipinski definition) is 2. The Morgan fingerprint density at radius 3 is 2.43 bits per heavy atom. The van der Waals surface area contributed by atoms with Gasteiger partial charge in [0.1, 0.15) is 12.4 Å². The standard InChI is InChI=1S/C27H38O3/c1-4-22(5-2)11-8-6-7-10-21(3)24-12-9-13-27(17-24)30-20-23-14-15-25(18-28)26(16-23)19-29/h9-10,12-17,22,28-29H,4-8,11,18-20H2,1-3H3/b21-10-. The number of rotatable bonds is 13. The summed E-state index contributed by atoms with van der Waals surface area (Å²) in [6.45, 7) is 7.04. The van der Waals surface area contributed by atoms with Crippen molar-refractivity contribution in [2.75, 3.05) is 0 Å². The minimum Gasteiger partial charge on any atom is -0.489 e. The third-order valence-corrected chi connectivity index (χ3v) is 5.98. The maximum Gasteiger partial charge on any atom is 0.120 e. The lowest BCUT2D eigenvalue weighted by atomic mass is 9.96. The summed E-state index contributed by atoms with van der Waals surface area (Å²) >= 11 is 0. The van der Waals surface area contributed by atoms with E-state index >= 15 is 0 Å². The van der Waals surface area contributed by atoms with Gasteiger partial charge in [0.25, 0.3) is 0 Å². The minimum atomic E-state index is -0.0826. The molecule has 0 aliphatic heterocycles. The molecule has 0 saturated carbocycles. The number of hydrogen-bond acceptors (Lipinski definition) is 3. The van der Waals surface area contributed by atoms with Crippen molar-refractivity contribution >= 4 is 5.57 Å². The Bertz CT molecular complexity index is 790. The van der Waals surface area contributed by atoms with E-state index in [2.05, 4.69) is 39.0 Å². The van der Waals surface area contributed by atoms with Gasteiger partial charge in [-0.3, -0.25) is 0 Å². The molecular weight excluding hydrogens is 372 g/mol. The molecule has 2 rings (SSSR count). The topological polar surface area (TPSA) is 49.7 Å². The van der Waals surface area contributed by atoms with Crippen LogP contribution in [0.15, 0.2) is 48.5 Å². The summed E-state index contributed by atoms with van der Waals surface area (Å²) in [5, 5.41) is 18.8. The van der Waals surface area contributed by atoms with Gasteiger partial charge in [-0.15, -0.1) is 0 Å². The monoisotopic (exact) mass is 410 g/mol. The highest BCUT2D eigenvalue weighted by Crippen LogP contribution is 2.23. The number of ether oxygens (including phenoxy) is 1. The lowest BCUT2D eigenvalue weighted by molar-refractivity contribution is 0.259. The molecule has 0 bridgehead atoms. The fraction of sp³-hybridized carbons (Fsp3) is 0.481. The van der Waals surface area contributed by atoms with Crippen molar-refractivity contribution in [1.29, 1.82) is 0 Å². The van der Waals surface area contributed by atoms with Crippen molar-refractivity contribution < 1.29 is 14.9 Å². The van der Waals surface area contributed by atoms with E-state index in [1.807, 2.05) is 30.3 Å². The lowest BCUT2D eigenvalue weighted by Gasteiger charge is -2.12. The molecule has 3 nitrogen and oxygen atoms in total. The second kappa shape index (κ2) is 13.3. The first-order valence-electron chi connectivity index (χ1n) is 11.3. The highest BCUT2D eigenvalue weighted by Gasteiger charge is 2.05. The molecule has 0 spiro atoms. The van der Waals surface area contributed by atoms with Crippen molar-refractivity contribution in [1.82, 2.24) is 0 Å². The molecule has 3 heteroatoms. The molecule has 0 saturated heterocycles. The van der Waals surface area contributed by atoms with E-state index in [-0.39, 0.29) is 13.2 Å². The Hall–Kier alpha value is -2.10. The fourth-order valence-corrected chi connectivity index (χ4v) is 3.78. The molecule has 0 aromatic heterocycles. The van der Waals surface area contributed by atoms with Gasteiger partial charge in [0, 0.05) is 0 Å². The molecule has 0 atom stereocenters. The quantitative estimate of drug-likeness (QED) is 0.363. The summed E-state index contributed by atoms with van der Waals surface area (Å²) in [7, 11) is 0. The molecule has 0 fully saturated rings. The van der Waals surface area contributed by atoms with Crippen LogP contribution in [0.4, 0.5) is 0 Å². The second-order valence-corrected chi connectivity index (χ2v) is 8.09. The van der Waals surface area contributed by atoms with Gasteiger partial charge in [-0.2, -0.15) is 0 Å². The Morgan fingerprint density at radius 2 is 1.73 bits per heavy atom. The molecule has 2 aromatic rings. The largest absolute Gasteiger partial charge is 0.489 e. The Labute approximate surface area is 182 Å². The van der Waals surface area contributed by atoms with Crippen LogP contribution >= 0.6 is 0 Å². The van der Waals surface area contributed by atoms with Crippen LogP contribution in [0.2, 0.25) is 0 Å². The fourth-order valence-electron chi connectivity index (χ4n) is 3.78. The van der Waals surface area contributed by atoms with Crippen LogP contribution < -0.4 is 4.74 Å². The van der Waals surface area contributed by atoms with Crippen molar-refractivity contribution in [3.05, 3.63) is 70.8 Å². The SMILES string of the molecule is CCC(CC)CCCC/C=C(/C)c1cccc(OCc2ccc(CO)c(CO)c2)c1. The second-order valence-electron chi connectivity index (χ2n) is 8.09. The highest BCUT2D eigenvalue weighted by atomic mass is 16.5. The highest BCUT2D eigenvalue weighted by molar-refractivity contribution is 5.64. The van der Waals surface area contributed by atoms with Gasteiger partial charge in [0.15, 0.2) is 0 Å². The predicted molar refractivity (Wildman–Crippen MR) is 125 cm³/mol. The third kappa shape index (κ3) is 7.62. The number of allylic oxidation sites excluding steroid dienone is 2. The lowest BCUT2D eigenvalue weighted by Crippen LogP contribution is -2.00. The van der Waals surface area contributed by atoms with Crippen LogP contribution in [0.3, 0.4) is 0 Å². The zero-order valence-electron chi connectivity index (χ0n) is 18.9. The first kappa shape index (κ1) is 24.2. The Kier molecular flexibility index (Phi) is 10.7. The zero-order chi connectivity index (χ0) is 21.8. The minimum absolute atomic E-state index is 0.0670. The van der Waals surface area contributed by atoms with E-state index < -0.39 is 0 Å². The molecule has 164 valence electrons. The molecule has 0 unspecified atom stereocenters. The van der Waals surface area contributed by atoms with E-state index in [1.54, 1.807) is 0 Å². The van der Waals surface area contributed by atoms with Crippen LogP contribution in [-0.4, -0.2) is 10.2 Å². The molecule has 0 aliphatic rings. The summed E-state index contributed by atoms with van der Waals surface area (Å²) in [5.74, 6) is 1.72. The van der Waals surface area contributed by atoms with Gasteiger partial charge < -0.3 is 14.9 Å². The van der Waals surface area contributed by atoms with Gasteiger partial charge in [-0.25, -0.2) is 0 Å². The van der Waals surface area contributed by atoms with E-state index in [1.165, 1.54) is 43.2 Å². The van der Waals surface area contributed by atoms with Gasteiger partial charge in [0.05, 0.1) is 13.2 Å². The van der Waals surface area contributed by atoms with Gasteiger partial charge >= 0.3 is 0 Å². The average molecular weight is 411 g/mol. The molecule has 0 radical (unpaired) electrons. The van der Waals surface area contributed by atoms with Crippen LogP contribution in [0.1, 0.15) is 81.5 Å². The summed E-state index contributed by atoms with van der Waals surface area (Å²) in [6.07, 6.45) is 9.97. The van der Waals surface area contributed by atoms with Crippen LogP contribution in [0.5, 0.6) is 5.75 Å². The van der Waals surface area contributed by atoms with Crippen LogP contribution in [0.25, 0.3) is 5.57 Å².